The van der Waals surface area contributed by atoms with Crippen molar-refractivity contribution in [2.24, 2.45) is 0 Å². The number of aryl methyl sites for hydroxylation is 1. The number of hydrogen-bond acceptors (Lipinski definition) is 3. The number of fused-ring (bicyclic) bond motifs is 1. The molecule has 0 aliphatic heterocycles. The van der Waals surface area contributed by atoms with Gasteiger partial charge in [-0.3, -0.25) is 4.79 Å². The summed E-state index contributed by atoms with van der Waals surface area (Å²) in [7, 11) is 1.26. The number of methoxy groups -OCH3 is 1. The summed E-state index contributed by atoms with van der Waals surface area (Å²) >= 11 is 0. The molecule has 1 aliphatic rings. The van der Waals surface area contributed by atoms with Gasteiger partial charge in [-0.1, -0.05) is 37.6 Å². The molecule has 1 aliphatic carbocycles. The van der Waals surface area contributed by atoms with Crippen molar-refractivity contribution in [3.05, 3.63) is 35.4 Å². The summed E-state index contributed by atoms with van der Waals surface area (Å²) in [5, 5.41) is 0. The Morgan fingerprint density at radius 2 is 2.00 bits per heavy atom. The maximum atomic E-state index is 12.1. The number of Topliss-reactive ketones (excluding diaryl/α,β-unsaturated/α-hetero) is 1. The number of benzene rings is 1. The Labute approximate surface area is 120 Å². The van der Waals surface area contributed by atoms with Crippen molar-refractivity contribution < 1.29 is 14.3 Å². The van der Waals surface area contributed by atoms with Gasteiger partial charge in [-0.05, 0) is 36.8 Å². The largest absolute Gasteiger partial charge is 0.463 e. The van der Waals surface area contributed by atoms with Crippen molar-refractivity contribution in [2.75, 3.05) is 7.11 Å². The highest BCUT2D eigenvalue weighted by atomic mass is 16.5. The van der Waals surface area contributed by atoms with Gasteiger partial charge in [0.15, 0.2) is 0 Å². The zero-order valence-corrected chi connectivity index (χ0v) is 12.3. The van der Waals surface area contributed by atoms with E-state index in [-0.39, 0.29) is 11.8 Å². The molecule has 1 unspecified atom stereocenters. The Balaban J connectivity index is 2.38. The van der Waals surface area contributed by atoms with E-state index in [0.29, 0.717) is 0 Å². The van der Waals surface area contributed by atoms with Crippen LogP contribution in [0.25, 0.3) is 0 Å². The molecule has 0 aromatic heterocycles. The van der Waals surface area contributed by atoms with E-state index in [4.69, 9.17) is 0 Å². The van der Waals surface area contributed by atoms with Crippen molar-refractivity contribution in [3.8, 4) is 0 Å². The molecule has 1 aromatic carbocycles. The molecule has 0 amide bonds. The number of rotatable bonds is 4. The van der Waals surface area contributed by atoms with Crippen LogP contribution < -0.4 is 0 Å². The normalized spacial score (nSPS) is 21.7. The molecule has 0 saturated heterocycles. The zero-order chi connectivity index (χ0) is 14.6. The SMILES string of the molecule is CCC1(CC(=O)C(=O)OC)CCCCc2ccccc21. The van der Waals surface area contributed by atoms with Gasteiger partial charge in [-0.2, -0.15) is 0 Å². The van der Waals surface area contributed by atoms with Gasteiger partial charge in [-0.15, -0.1) is 0 Å². The molecular formula is C17H22O3. The van der Waals surface area contributed by atoms with Gasteiger partial charge in [0, 0.05) is 11.8 Å². The van der Waals surface area contributed by atoms with E-state index in [0.717, 1.165) is 32.1 Å². The molecule has 0 N–H and O–H groups in total. The first-order valence-electron chi connectivity index (χ1n) is 7.32. The fourth-order valence-corrected chi connectivity index (χ4v) is 3.34. The highest BCUT2D eigenvalue weighted by Crippen LogP contribution is 2.41. The zero-order valence-electron chi connectivity index (χ0n) is 12.3. The van der Waals surface area contributed by atoms with Crippen molar-refractivity contribution in [2.45, 2.75) is 50.9 Å². The smallest absolute Gasteiger partial charge is 0.374 e. The van der Waals surface area contributed by atoms with E-state index in [1.807, 2.05) is 12.1 Å². The number of ketones is 1. The summed E-state index contributed by atoms with van der Waals surface area (Å²) in [4.78, 5) is 23.5. The lowest BCUT2D eigenvalue weighted by Crippen LogP contribution is -2.32. The van der Waals surface area contributed by atoms with Gasteiger partial charge in [0.1, 0.15) is 0 Å². The second kappa shape index (κ2) is 6.21. The van der Waals surface area contributed by atoms with Crippen LogP contribution in [0, 0.1) is 0 Å². The summed E-state index contributed by atoms with van der Waals surface area (Å²) in [6.07, 6.45) is 5.38. The standard InChI is InChI=1S/C17H22O3/c1-3-17(12-15(18)16(19)20-2)11-7-6-9-13-8-4-5-10-14(13)17/h4-5,8,10H,3,6-7,9,11-12H2,1-2H3. The highest BCUT2D eigenvalue weighted by Gasteiger charge is 2.37. The molecule has 20 heavy (non-hydrogen) atoms. The van der Waals surface area contributed by atoms with Crippen LogP contribution in [0.4, 0.5) is 0 Å². The number of carbonyl (C=O) groups is 2. The highest BCUT2D eigenvalue weighted by molar-refractivity contribution is 6.33. The minimum atomic E-state index is -0.723. The Bertz CT molecular complexity index is 507. The topological polar surface area (TPSA) is 43.4 Å². The average Bonchev–Trinajstić information content (AvgIpc) is 2.67. The van der Waals surface area contributed by atoms with Crippen molar-refractivity contribution >= 4 is 11.8 Å². The summed E-state index contributed by atoms with van der Waals surface area (Å²) < 4.78 is 4.57. The predicted molar refractivity (Wildman–Crippen MR) is 77.6 cm³/mol. The lowest BCUT2D eigenvalue weighted by atomic mass is 9.70. The lowest BCUT2D eigenvalue weighted by Gasteiger charge is -2.33. The van der Waals surface area contributed by atoms with E-state index in [9.17, 15) is 9.59 Å². The van der Waals surface area contributed by atoms with Crippen LogP contribution in [0.5, 0.6) is 0 Å². The molecular weight excluding hydrogens is 252 g/mol. The molecule has 0 spiro atoms. The summed E-state index contributed by atoms with van der Waals surface area (Å²) in [6.45, 7) is 2.10. The van der Waals surface area contributed by atoms with Gasteiger partial charge in [0.25, 0.3) is 0 Å². The Hall–Kier alpha value is -1.64. The van der Waals surface area contributed by atoms with Crippen LogP contribution in [0.2, 0.25) is 0 Å². The molecule has 3 heteroatoms. The molecule has 0 radical (unpaired) electrons. The minimum Gasteiger partial charge on any atom is -0.463 e. The molecule has 1 atom stereocenters. The summed E-state index contributed by atoms with van der Waals surface area (Å²) in [6, 6.07) is 8.34. The summed E-state index contributed by atoms with van der Waals surface area (Å²) in [5.41, 5.74) is 2.36. The van der Waals surface area contributed by atoms with Crippen LogP contribution in [0.15, 0.2) is 24.3 Å². The van der Waals surface area contributed by atoms with Crippen LogP contribution >= 0.6 is 0 Å². The number of hydrogen-bond donors (Lipinski definition) is 0. The van der Waals surface area contributed by atoms with E-state index in [2.05, 4.69) is 23.8 Å². The van der Waals surface area contributed by atoms with Gasteiger partial charge in [0.05, 0.1) is 7.11 Å². The molecule has 0 heterocycles. The van der Waals surface area contributed by atoms with Crippen LogP contribution in [0.1, 0.15) is 50.2 Å². The maximum Gasteiger partial charge on any atom is 0.374 e. The second-order valence-corrected chi connectivity index (χ2v) is 5.59. The molecule has 2 rings (SSSR count). The minimum absolute atomic E-state index is 0.210. The Kier molecular flexibility index (Phi) is 4.58. The van der Waals surface area contributed by atoms with E-state index in [1.165, 1.54) is 18.2 Å². The molecule has 0 saturated carbocycles. The predicted octanol–water partition coefficient (Wildman–Crippen LogP) is 3.19. The van der Waals surface area contributed by atoms with Gasteiger partial charge in [0.2, 0.25) is 5.78 Å². The second-order valence-electron chi connectivity index (χ2n) is 5.59. The molecule has 0 fully saturated rings. The lowest BCUT2D eigenvalue weighted by molar-refractivity contribution is -0.152. The molecule has 0 bridgehead atoms. The Morgan fingerprint density at radius 1 is 1.25 bits per heavy atom. The maximum absolute atomic E-state index is 12.1. The van der Waals surface area contributed by atoms with Crippen molar-refractivity contribution in [3.63, 3.8) is 0 Å². The molecule has 1 aromatic rings. The van der Waals surface area contributed by atoms with Crippen LogP contribution in [0.3, 0.4) is 0 Å². The molecule has 108 valence electrons. The third-order valence-corrected chi connectivity index (χ3v) is 4.53. The fourth-order valence-electron chi connectivity index (χ4n) is 3.34. The monoisotopic (exact) mass is 274 g/mol. The number of esters is 1. The third-order valence-electron chi connectivity index (χ3n) is 4.53. The quantitative estimate of drug-likeness (QED) is 0.481. The van der Waals surface area contributed by atoms with Crippen LogP contribution in [-0.4, -0.2) is 18.9 Å². The third kappa shape index (κ3) is 2.77. The number of carbonyl (C=O) groups excluding carboxylic acids is 2. The first-order valence-corrected chi connectivity index (χ1v) is 7.32. The van der Waals surface area contributed by atoms with E-state index < -0.39 is 11.8 Å². The first kappa shape index (κ1) is 14.8. The number of ether oxygens (including phenoxy) is 1. The van der Waals surface area contributed by atoms with Crippen molar-refractivity contribution in [1.29, 1.82) is 0 Å². The van der Waals surface area contributed by atoms with E-state index in [1.54, 1.807) is 0 Å². The van der Waals surface area contributed by atoms with E-state index >= 15 is 0 Å². The average molecular weight is 274 g/mol. The fraction of sp³-hybridized carbons (Fsp3) is 0.529. The first-order chi connectivity index (χ1) is 9.63. The molecule has 3 nitrogen and oxygen atoms in total. The summed E-state index contributed by atoms with van der Waals surface area (Å²) in [5.74, 6) is -1.13. The van der Waals surface area contributed by atoms with Crippen LogP contribution in [-0.2, 0) is 26.2 Å². The van der Waals surface area contributed by atoms with Gasteiger partial charge in [-0.25, -0.2) is 4.79 Å². The van der Waals surface area contributed by atoms with Gasteiger partial charge >= 0.3 is 5.97 Å². The van der Waals surface area contributed by atoms with Crippen molar-refractivity contribution in [1.82, 2.24) is 0 Å². The van der Waals surface area contributed by atoms with Gasteiger partial charge < -0.3 is 4.74 Å². The Morgan fingerprint density at radius 3 is 2.70 bits per heavy atom.